The quantitative estimate of drug-likeness (QED) is 0.852. The molecular weight excluding hydrogens is 354 g/mol. The number of guanidine groups is 1. The summed E-state index contributed by atoms with van der Waals surface area (Å²) in [6.07, 6.45) is -0.445. The van der Waals surface area contributed by atoms with Gasteiger partial charge in [0.25, 0.3) is 5.91 Å². The van der Waals surface area contributed by atoms with Crippen LogP contribution in [0, 0.1) is 6.92 Å². The molecule has 28 heavy (non-hydrogen) atoms. The van der Waals surface area contributed by atoms with Crippen molar-refractivity contribution in [1.82, 2.24) is 20.4 Å². The first kappa shape index (κ1) is 18.0. The molecule has 0 aromatic heterocycles. The van der Waals surface area contributed by atoms with E-state index in [-0.39, 0.29) is 5.91 Å². The molecule has 0 bridgehead atoms. The number of aryl methyl sites for hydroxylation is 1. The lowest BCUT2D eigenvalue weighted by Gasteiger charge is -2.35. The Morgan fingerprint density at radius 1 is 1.04 bits per heavy atom. The predicted molar refractivity (Wildman–Crippen MR) is 106 cm³/mol. The second-order valence-electron chi connectivity index (χ2n) is 7.12. The summed E-state index contributed by atoms with van der Waals surface area (Å²) in [6.45, 7) is 3.07. The van der Waals surface area contributed by atoms with E-state index in [1.54, 1.807) is 7.05 Å². The number of fused-ring (bicyclic) bond motifs is 1. The Balaban J connectivity index is 1.67. The lowest BCUT2D eigenvalue weighted by molar-refractivity contribution is -0.127. The molecule has 0 aliphatic carbocycles. The number of carbonyl (C=O) groups is 2. The highest BCUT2D eigenvalue weighted by Crippen LogP contribution is 2.24. The average molecular weight is 377 g/mol. The van der Waals surface area contributed by atoms with Crippen LogP contribution in [-0.4, -0.2) is 47.0 Å². The third kappa shape index (κ3) is 3.31. The minimum atomic E-state index is -0.531. The number of rotatable bonds is 4. The molecule has 7 heteroatoms. The highest BCUT2D eigenvalue weighted by molar-refractivity contribution is 6.04. The van der Waals surface area contributed by atoms with Crippen LogP contribution in [0.1, 0.15) is 16.7 Å². The molecule has 0 saturated carbocycles. The Hall–Kier alpha value is -3.35. The normalized spacial score (nSPS) is 22.9. The van der Waals surface area contributed by atoms with Gasteiger partial charge in [0.1, 0.15) is 6.17 Å². The number of nitrogens with zero attached hydrogens (tertiary/aromatic N) is 3. The van der Waals surface area contributed by atoms with Crippen LogP contribution in [0.3, 0.4) is 0 Å². The molecule has 144 valence electrons. The molecule has 2 fully saturated rings. The summed E-state index contributed by atoms with van der Waals surface area (Å²) in [4.78, 5) is 32.9. The first-order valence-corrected chi connectivity index (χ1v) is 9.28. The third-order valence-electron chi connectivity index (χ3n) is 5.28. The van der Waals surface area contributed by atoms with Crippen LogP contribution in [0.15, 0.2) is 59.6 Å². The number of benzene rings is 2. The van der Waals surface area contributed by atoms with Crippen LogP contribution in [0.2, 0.25) is 0 Å². The van der Waals surface area contributed by atoms with Crippen molar-refractivity contribution < 1.29 is 9.59 Å². The third-order valence-corrected chi connectivity index (χ3v) is 5.28. The number of aliphatic imine (C=N–C) groups is 1. The van der Waals surface area contributed by atoms with Gasteiger partial charge in [-0.15, -0.1) is 0 Å². The second kappa shape index (κ2) is 7.34. The van der Waals surface area contributed by atoms with Crippen LogP contribution < -0.4 is 10.6 Å². The highest BCUT2D eigenvalue weighted by Gasteiger charge is 2.49. The summed E-state index contributed by atoms with van der Waals surface area (Å²) < 4.78 is 0. The zero-order valence-corrected chi connectivity index (χ0v) is 15.9. The van der Waals surface area contributed by atoms with Crippen LogP contribution in [0.25, 0.3) is 0 Å². The highest BCUT2D eigenvalue weighted by atomic mass is 16.2. The molecule has 4 rings (SSSR count). The molecule has 2 aromatic carbocycles. The first-order chi connectivity index (χ1) is 13.5. The molecule has 7 nitrogen and oxygen atoms in total. The molecule has 2 aliphatic heterocycles. The van der Waals surface area contributed by atoms with Gasteiger partial charge in [-0.1, -0.05) is 54.6 Å². The fourth-order valence-electron chi connectivity index (χ4n) is 3.61. The van der Waals surface area contributed by atoms with E-state index in [0.29, 0.717) is 19.0 Å². The molecule has 2 aromatic rings. The molecule has 2 heterocycles. The number of nitrogens with one attached hydrogen (secondary N) is 2. The summed E-state index contributed by atoms with van der Waals surface area (Å²) in [5, 5.41) is 5.72. The van der Waals surface area contributed by atoms with Crippen LogP contribution in [0.5, 0.6) is 0 Å². The molecule has 2 N–H and O–H groups in total. The lowest BCUT2D eigenvalue weighted by Crippen LogP contribution is -2.64. The monoisotopic (exact) mass is 377 g/mol. The van der Waals surface area contributed by atoms with Gasteiger partial charge in [-0.3, -0.25) is 10.1 Å². The molecule has 2 atom stereocenters. The molecule has 2 unspecified atom stereocenters. The van der Waals surface area contributed by atoms with Crippen molar-refractivity contribution in [3.05, 3.63) is 71.3 Å². The zero-order chi connectivity index (χ0) is 19.7. The Morgan fingerprint density at radius 2 is 1.75 bits per heavy atom. The van der Waals surface area contributed by atoms with E-state index < -0.39 is 18.2 Å². The van der Waals surface area contributed by atoms with Gasteiger partial charge in [0.05, 0.1) is 6.54 Å². The van der Waals surface area contributed by atoms with Crippen molar-refractivity contribution >= 4 is 17.9 Å². The van der Waals surface area contributed by atoms with E-state index in [9.17, 15) is 9.59 Å². The molecule has 2 saturated heterocycles. The van der Waals surface area contributed by atoms with E-state index >= 15 is 0 Å². The van der Waals surface area contributed by atoms with Gasteiger partial charge in [-0.2, -0.15) is 0 Å². The molecular formula is C21H23N5O2. The van der Waals surface area contributed by atoms with Crippen molar-refractivity contribution in [3.8, 4) is 0 Å². The maximum absolute atomic E-state index is 12.6. The largest absolute Gasteiger partial charge is 0.333 e. The van der Waals surface area contributed by atoms with Crippen molar-refractivity contribution in [3.63, 3.8) is 0 Å². The van der Waals surface area contributed by atoms with E-state index in [1.165, 1.54) is 4.90 Å². The molecule has 2 aliphatic rings. The van der Waals surface area contributed by atoms with Gasteiger partial charge in [0.15, 0.2) is 12.0 Å². The second-order valence-corrected chi connectivity index (χ2v) is 7.12. The molecule has 0 radical (unpaired) electrons. The van der Waals surface area contributed by atoms with Gasteiger partial charge in [0, 0.05) is 13.6 Å². The molecule has 3 amide bonds. The minimum absolute atomic E-state index is 0.306. The first-order valence-electron chi connectivity index (χ1n) is 9.28. The van der Waals surface area contributed by atoms with Gasteiger partial charge < -0.3 is 15.1 Å². The average Bonchev–Trinajstić information content (AvgIpc) is 3.06. The van der Waals surface area contributed by atoms with Gasteiger partial charge >= 0.3 is 6.03 Å². The maximum atomic E-state index is 12.6. The van der Waals surface area contributed by atoms with E-state index in [0.717, 1.165) is 16.7 Å². The number of hydrogen-bond acceptors (Lipinski definition) is 3. The SMILES string of the molecule is Cc1ccccc1CN1C(=NCc2ccccc2)NC2C1C(=O)NC(=O)N2C. The number of likely N-dealkylation sites (N-methyl/N-ethyl adjacent to an activating group) is 1. The number of amides is 3. The summed E-state index contributed by atoms with van der Waals surface area (Å²) in [5.41, 5.74) is 3.34. The summed E-state index contributed by atoms with van der Waals surface area (Å²) in [7, 11) is 1.68. The van der Waals surface area contributed by atoms with E-state index in [4.69, 9.17) is 4.99 Å². The van der Waals surface area contributed by atoms with Crippen molar-refractivity contribution in [2.24, 2.45) is 4.99 Å². The fraction of sp³-hybridized carbons (Fsp3) is 0.286. The number of imide groups is 1. The van der Waals surface area contributed by atoms with Crippen LogP contribution in [-0.2, 0) is 17.9 Å². The van der Waals surface area contributed by atoms with Crippen molar-refractivity contribution in [2.75, 3.05) is 7.05 Å². The van der Waals surface area contributed by atoms with Crippen LogP contribution >= 0.6 is 0 Å². The fourth-order valence-corrected chi connectivity index (χ4v) is 3.61. The van der Waals surface area contributed by atoms with Gasteiger partial charge in [0.2, 0.25) is 0 Å². The summed E-state index contributed by atoms with van der Waals surface area (Å²) in [6, 6.07) is 17.1. The Kier molecular flexibility index (Phi) is 4.73. The minimum Gasteiger partial charge on any atom is -0.333 e. The lowest BCUT2D eigenvalue weighted by atomic mass is 10.1. The maximum Gasteiger partial charge on any atom is 0.325 e. The Bertz CT molecular complexity index is 927. The molecule has 0 spiro atoms. The van der Waals surface area contributed by atoms with Gasteiger partial charge in [-0.05, 0) is 23.6 Å². The van der Waals surface area contributed by atoms with Crippen LogP contribution in [0.4, 0.5) is 4.79 Å². The summed E-state index contributed by atoms with van der Waals surface area (Å²) >= 11 is 0. The number of urea groups is 1. The number of hydrogen-bond donors (Lipinski definition) is 2. The van der Waals surface area contributed by atoms with Gasteiger partial charge in [-0.25, -0.2) is 9.79 Å². The topological polar surface area (TPSA) is 77.0 Å². The summed E-state index contributed by atoms with van der Waals surface area (Å²) in [5.74, 6) is 0.318. The van der Waals surface area contributed by atoms with Crippen molar-refractivity contribution in [2.45, 2.75) is 32.2 Å². The van der Waals surface area contributed by atoms with E-state index in [1.807, 2.05) is 66.4 Å². The zero-order valence-electron chi connectivity index (χ0n) is 15.9. The predicted octanol–water partition coefficient (Wildman–Crippen LogP) is 1.83. The Morgan fingerprint density at radius 3 is 2.50 bits per heavy atom. The van der Waals surface area contributed by atoms with E-state index in [2.05, 4.69) is 10.6 Å². The number of carbonyl (C=O) groups excluding carboxylic acids is 2. The smallest absolute Gasteiger partial charge is 0.325 e. The van der Waals surface area contributed by atoms with Crippen molar-refractivity contribution in [1.29, 1.82) is 0 Å². The standard InChI is InChI=1S/C21H23N5O2/c1-14-8-6-7-11-16(14)13-26-17-18(25(2)21(28)24-19(17)27)23-20(26)22-12-15-9-4-3-5-10-15/h3-11,17-18H,12-13H2,1-2H3,(H,22,23)(H,24,27,28). The Labute approximate surface area is 164 Å².